The van der Waals surface area contributed by atoms with Crippen molar-refractivity contribution in [2.75, 3.05) is 13.4 Å². The fourth-order valence-corrected chi connectivity index (χ4v) is 2.98. The van der Waals surface area contributed by atoms with E-state index in [0.29, 0.717) is 17.9 Å². The number of benzene rings is 2. The fraction of sp³-hybridized carbons (Fsp3) is 0.211. The SMILES string of the molecule is C=C(Cc1ccc(OC(C)=O)c(OC)c1)c1ccc(S(C)(=O)=O)cc1. The maximum Gasteiger partial charge on any atom is 0.308 e. The van der Waals surface area contributed by atoms with Gasteiger partial charge in [0.2, 0.25) is 0 Å². The van der Waals surface area contributed by atoms with E-state index in [9.17, 15) is 13.2 Å². The lowest BCUT2D eigenvalue weighted by Gasteiger charge is -2.11. The molecule has 0 unspecified atom stereocenters. The Bertz CT molecular complexity index is 896. The van der Waals surface area contributed by atoms with Crippen molar-refractivity contribution >= 4 is 21.4 Å². The number of rotatable bonds is 6. The van der Waals surface area contributed by atoms with Gasteiger partial charge in [0.15, 0.2) is 21.3 Å². The van der Waals surface area contributed by atoms with Crippen LogP contribution in [0.5, 0.6) is 11.5 Å². The molecule has 0 radical (unpaired) electrons. The van der Waals surface area contributed by atoms with Gasteiger partial charge in [0.1, 0.15) is 0 Å². The van der Waals surface area contributed by atoms with Gasteiger partial charge in [0.25, 0.3) is 0 Å². The summed E-state index contributed by atoms with van der Waals surface area (Å²) >= 11 is 0. The second kappa shape index (κ2) is 7.53. The van der Waals surface area contributed by atoms with Crippen LogP contribution < -0.4 is 9.47 Å². The first-order valence-corrected chi connectivity index (χ1v) is 9.43. The summed E-state index contributed by atoms with van der Waals surface area (Å²) in [5.74, 6) is 0.413. The van der Waals surface area contributed by atoms with Gasteiger partial charge < -0.3 is 9.47 Å². The first kappa shape index (κ1) is 18.7. The number of carbonyl (C=O) groups excluding carboxylic acids is 1. The zero-order chi connectivity index (χ0) is 18.6. The van der Waals surface area contributed by atoms with Gasteiger partial charge in [-0.2, -0.15) is 0 Å². The van der Waals surface area contributed by atoms with Gasteiger partial charge in [-0.3, -0.25) is 4.79 Å². The number of allylic oxidation sites excluding steroid dienone is 1. The molecule has 0 bridgehead atoms. The van der Waals surface area contributed by atoms with Crippen molar-refractivity contribution in [3.63, 3.8) is 0 Å². The first-order valence-electron chi connectivity index (χ1n) is 7.54. The van der Waals surface area contributed by atoms with Crippen molar-refractivity contribution in [2.24, 2.45) is 0 Å². The smallest absolute Gasteiger partial charge is 0.308 e. The quantitative estimate of drug-likeness (QED) is 0.584. The molecule has 0 aromatic heterocycles. The molecule has 25 heavy (non-hydrogen) atoms. The summed E-state index contributed by atoms with van der Waals surface area (Å²) < 4.78 is 33.4. The minimum atomic E-state index is -3.22. The molecule has 0 fully saturated rings. The summed E-state index contributed by atoms with van der Waals surface area (Å²) in [6.45, 7) is 5.39. The predicted octanol–water partition coefficient (Wildman–Crippen LogP) is 3.28. The average Bonchev–Trinajstić information content (AvgIpc) is 2.55. The van der Waals surface area contributed by atoms with Crippen LogP contribution in [0.4, 0.5) is 0 Å². The van der Waals surface area contributed by atoms with Crippen LogP contribution >= 0.6 is 0 Å². The van der Waals surface area contributed by atoms with Crippen molar-refractivity contribution in [1.29, 1.82) is 0 Å². The lowest BCUT2D eigenvalue weighted by atomic mass is 9.99. The highest BCUT2D eigenvalue weighted by Crippen LogP contribution is 2.30. The Morgan fingerprint density at radius 3 is 2.24 bits per heavy atom. The Kier molecular flexibility index (Phi) is 5.64. The number of ether oxygens (including phenoxy) is 2. The lowest BCUT2D eigenvalue weighted by molar-refractivity contribution is -0.132. The van der Waals surface area contributed by atoms with Gasteiger partial charge in [-0.15, -0.1) is 0 Å². The molecule has 0 atom stereocenters. The molecule has 0 heterocycles. The molecular formula is C19H20O5S. The number of hydrogen-bond donors (Lipinski definition) is 0. The van der Waals surface area contributed by atoms with Crippen LogP contribution in [0.15, 0.2) is 53.9 Å². The third kappa shape index (κ3) is 4.93. The van der Waals surface area contributed by atoms with E-state index in [1.54, 1.807) is 36.4 Å². The first-order chi connectivity index (χ1) is 11.7. The zero-order valence-electron chi connectivity index (χ0n) is 14.4. The standard InChI is InChI=1S/C19H20O5S/c1-13(16-6-8-17(9-7-16)25(4,21)22)11-15-5-10-18(24-14(2)20)19(12-15)23-3/h5-10,12H,1,11H2,2-4H3. The largest absolute Gasteiger partial charge is 0.493 e. The molecule has 0 N–H and O–H groups in total. The van der Waals surface area contributed by atoms with Gasteiger partial charge in [-0.1, -0.05) is 24.8 Å². The second-order valence-electron chi connectivity index (χ2n) is 5.66. The average molecular weight is 360 g/mol. The topological polar surface area (TPSA) is 69.7 Å². The monoisotopic (exact) mass is 360 g/mol. The Morgan fingerprint density at radius 1 is 1.08 bits per heavy atom. The number of methoxy groups -OCH3 is 1. The van der Waals surface area contributed by atoms with Crippen LogP contribution in [0.1, 0.15) is 18.1 Å². The van der Waals surface area contributed by atoms with Crippen LogP contribution in [-0.2, 0) is 21.1 Å². The third-order valence-electron chi connectivity index (χ3n) is 3.59. The molecule has 0 aliphatic rings. The van der Waals surface area contributed by atoms with Gasteiger partial charge >= 0.3 is 5.97 Å². The molecule has 0 amide bonds. The maximum absolute atomic E-state index is 11.5. The van der Waals surface area contributed by atoms with Crippen molar-refractivity contribution in [3.8, 4) is 11.5 Å². The summed E-state index contributed by atoms with van der Waals surface area (Å²) in [6, 6.07) is 11.9. The van der Waals surface area contributed by atoms with Crippen molar-refractivity contribution < 1.29 is 22.7 Å². The fourth-order valence-electron chi connectivity index (χ4n) is 2.35. The van der Waals surface area contributed by atoms with E-state index in [-0.39, 0.29) is 4.90 Å². The van der Waals surface area contributed by atoms with Crippen molar-refractivity contribution in [2.45, 2.75) is 18.2 Å². The predicted molar refractivity (Wildman–Crippen MR) is 96.6 cm³/mol. The highest BCUT2D eigenvalue weighted by molar-refractivity contribution is 7.90. The maximum atomic E-state index is 11.5. The molecule has 0 saturated heterocycles. The van der Waals surface area contributed by atoms with Crippen molar-refractivity contribution in [3.05, 3.63) is 60.2 Å². The summed E-state index contributed by atoms with van der Waals surface area (Å²) in [5, 5.41) is 0. The van der Waals surface area contributed by atoms with Crippen LogP contribution in [0.2, 0.25) is 0 Å². The lowest BCUT2D eigenvalue weighted by Crippen LogP contribution is -2.03. The zero-order valence-corrected chi connectivity index (χ0v) is 15.2. The molecule has 132 valence electrons. The van der Waals surface area contributed by atoms with Gasteiger partial charge in [0.05, 0.1) is 12.0 Å². The van der Waals surface area contributed by atoms with E-state index in [2.05, 4.69) is 6.58 Å². The number of esters is 1. The van der Waals surface area contributed by atoms with Crippen LogP contribution in [0.25, 0.3) is 5.57 Å². The minimum absolute atomic E-state index is 0.274. The number of carbonyl (C=O) groups is 1. The summed E-state index contributed by atoms with van der Waals surface area (Å²) in [6.07, 6.45) is 1.72. The van der Waals surface area contributed by atoms with Gasteiger partial charge in [-0.25, -0.2) is 8.42 Å². The molecule has 6 heteroatoms. The number of sulfone groups is 1. The third-order valence-corrected chi connectivity index (χ3v) is 4.72. The molecule has 2 rings (SSSR count). The van der Waals surface area contributed by atoms with E-state index < -0.39 is 15.8 Å². The number of hydrogen-bond acceptors (Lipinski definition) is 5. The molecule has 0 saturated carbocycles. The highest BCUT2D eigenvalue weighted by Gasteiger charge is 2.11. The van der Waals surface area contributed by atoms with Crippen LogP contribution in [0, 0.1) is 0 Å². The van der Waals surface area contributed by atoms with E-state index in [1.807, 2.05) is 6.07 Å². The molecule has 0 aliphatic carbocycles. The Labute approximate surface area is 147 Å². The highest BCUT2D eigenvalue weighted by atomic mass is 32.2. The van der Waals surface area contributed by atoms with Crippen LogP contribution in [0.3, 0.4) is 0 Å². The molecule has 0 spiro atoms. The normalized spacial score (nSPS) is 11.0. The Morgan fingerprint density at radius 2 is 1.72 bits per heavy atom. The van der Waals surface area contributed by atoms with Gasteiger partial charge in [0, 0.05) is 13.2 Å². The Hall–Kier alpha value is -2.60. The minimum Gasteiger partial charge on any atom is -0.493 e. The van der Waals surface area contributed by atoms with Crippen molar-refractivity contribution in [1.82, 2.24) is 0 Å². The molecule has 2 aromatic carbocycles. The van der Waals surface area contributed by atoms with E-state index in [0.717, 1.165) is 16.7 Å². The Balaban J connectivity index is 2.18. The van der Waals surface area contributed by atoms with E-state index in [1.165, 1.54) is 20.3 Å². The second-order valence-corrected chi connectivity index (χ2v) is 7.67. The summed E-state index contributed by atoms with van der Waals surface area (Å²) in [7, 11) is -1.71. The van der Waals surface area contributed by atoms with Gasteiger partial charge in [-0.05, 0) is 47.4 Å². The van der Waals surface area contributed by atoms with E-state index in [4.69, 9.17) is 9.47 Å². The molecule has 5 nitrogen and oxygen atoms in total. The van der Waals surface area contributed by atoms with E-state index >= 15 is 0 Å². The summed E-state index contributed by atoms with van der Waals surface area (Å²) in [4.78, 5) is 11.4. The molecule has 0 aliphatic heterocycles. The summed E-state index contributed by atoms with van der Waals surface area (Å²) in [5.41, 5.74) is 2.63. The molecule has 2 aromatic rings. The molecular weight excluding hydrogens is 340 g/mol. The van der Waals surface area contributed by atoms with Crippen LogP contribution in [-0.4, -0.2) is 27.8 Å².